The molecular formula is C22H23ClF3N5O. The second-order valence-corrected chi connectivity index (χ2v) is 7.70. The molecule has 10 heteroatoms. The van der Waals surface area contributed by atoms with Crippen molar-refractivity contribution in [1.29, 1.82) is 0 Å². The summed E-state index contributed by atoms with van der Waals surface area (Å²) < 4.78 is 42.3. The molecule has 1 aromatic heterocycles. The number of amides is 1. The van der Waals surface area contributed by atoms with E-state index in [9.17, 15) is 18.0 Å². The normalized spacial score (nSPS) is 16.2. The van der Waals surface area contributed by atoms with Gasteiger partial charge >= 0.3 is 0 Å². The lowest BCUT2D eigenvalue weighted by Gasteiger charge is -2.36. The van der Waals surface area contributed by atoms with Gasteiger partial charge in [-0.2, -0.15) is 0 Å². The fourth-order valence-corrected chi connectivity index (χ4v) is 3.98. The zero-order valence-electron chi connectivity index (χ0n) is 17.1. The molecule has 0 saturated carbocycles. The monoisotopic (exact) mass is 465 g/mol. The van der Waals surface area contributed by atoms with Crippen molar-refractivity contribution in [1.82, 2.24) is 19.9 Å². The maximum Gasteiger partial charge on any atom is 0.224 e. The van der Waals surface area contributed by atoms with Gasteiger partial charge in [-0.05, 0) is 30.0 Å². The van der Waals surface area contributed by atoms with E-state index in [0.717, 1.165) is 17.3 Å². The molecule has 2 N–H and O–H groups in total. The lowest BCUT2D eigenvalue weighted by atomic mass is 9.98. The highest BCUT2D eigenvalue weighted by Crippen LogP contribution is 2.29. The van der Waals surface area contributed by atoms with Gasteiger partial charge in [0.2, 0.25) is 5.91 Å². The lowest BCUT2D eigenvalue weighted by molar-refractivity contribution is -0.135. The number of rotatable bonds is 6. The van der Waals surface area contributed by atoms with Crippen LogP contribution in [-0.4, -0.2) is 38.4 Å². The van der Waals surface area contributed by atoms with Gasteiger partial charge in [-0.15, -0.1) is 17.5 Å². The summed E-state index contributed by atoms with van der Waals surface area (Å²) in [6.45, 7) is 0.957. The van der Waals surface area contributed by atoms with Crippen molar-refractivity contribution in [3.8, 4) is 0 Å². The van der Waals surface area contributed by atoms with Crippen LogP contribution < -0.4 is 5.73 Å². The molecular weight excluding hydrogens is 443 g/mol. The molecule has 0 aliphatic carbocycles. The van der Waals surface area contributed by atoms with E-state index in [1.54, 1.807) is 15.8 Å². The summed E-state index contributed by atoms with van der Waals surface area (Å²) in [5.41, 5.74) is 7.93. The number of benzene rings is 2. The van der Waals surface area contributed by atoms with E-state index in [1.165, 1.54) is 0 Å². The number of aromatic nitrogens is 3. The predicted molar refractivity (Wildman–Crippen MR) is 114 cm³/mol. The molecule has 0 saturated heterocycles. The Morgan fingerprint density at radius 2 is 1.81 bits per heavy atom. The van der Waals surface area contributed by atoms with Crippen LogP contribution in [-0.2, 0) is 24.2 Å². The summed E-state index contributed by atoms with van der Waals surface area (Å²) in [7, 11) is 0. The Labute approximate surface area is 189 Å². The molecule has 0 spiro atoms. The quantitative estimate of drug-likeness (QED) is 0.567. The Kier molecular flexibility index (Phi) is 7.52. The number of fused-ring (bicyclic) bond motifs is 1. The fraction of sp³-hybridized carbons (Fsp3) is 0.318. The zero-order valence-corrected chi connectivity index (χ0v) is 17.9. The largest absolute Gasteiger partial charge is 0.332 e. The molecule has 1 aliphatic heterocycles. The van der Waals surface area contributed by atoms with E-state index in [2.05, 4.69) is 10.3 Å². The Balaban J connectivity index is 0.00000289. The van der Waals surface area contributed by atoms with Crippen molar-refractivity contribution >= 4 is 18.3 Å². The molecule has 1 aliphatic rings. The first-order valence-electron chi connectivity index (χ1n) is 10.0. The lowest BCUT2D eigenvalue weighted by Crippen LogP contribution is -2.45. The van der Waals surface area contributed by atoms with Gasteiger partial charge in [-0.1, -0.05) is 35.5 Å². The highest BCUT2D eigenvalue weighted by atomic mass is 35.5. The molecule has 2 heterocycles. The third-order valence-electron chi connectivity index (χ3n) is 5.52. The molecule has 2 atom stereocenters. The van der Waals surface area contributed by atoms with E-state index in [4.69, 9.17) is 5.73 Å². The Bertz CT molecular complexity index is 1080. The summed E-state index contributed by atoms with van der Waals surface area (Å²) >= 11 is 0. The van der Waals surface area contributed by atoms with Crippen molar-refractivity contribution in [3.63, 3.8) is 0 Å². The van der Waals surface area contributed by atoms with Gasteiger partial charge in [0.05, 0.1) is 24.5 Å². The summed E-state index contributed by atoms with van der Waals surface area (Å²) in [6.07, 6.45) is 2.12. The van der Waals surface area contributed by atoms with Crippen LogP contribution in [0, 0.1) is 17.5 Å². The molecule has 0 radical (unpaired) electrons. The van der Waals surface area contributed by atoms with Crippen LogP contribution in [0.2, 0.25) is 0 Å². The second kappa shape index (κ2) is 10.1. The van der Waals surface area contributed by atoms with E-state index in [-0.39, 0.29) is 42.8 Å². The number of carbonyl (C=O) groups is 1. The van der Waals surface area contributed by atoms with Crippen LogP contribution in [0.1, 0.15) is 29.3 Å². The zero-order chi connectivity index (χ0) is 22.0. The van der Waals surface area contributed by atoms with E-state index >= 15 is 0 Å². The first-order valence-corrected chi connectivity index (χ1v) is 10.0. The van der Waals surface area contributed by atoms with Gasteiger partial charge in [-0.3, -0.25) is 4.79 Å². The van der Waals surface area contributed by atoms with Gasteiger partial charge in [-0.25, -0.2) is 17.9 Å². The Morgan fingerprint density at radius 3 is 2.56 bits per heavy atom. The van der Waals surface area contributed by atoms with Crippen LogP contribution in [0.4, 0.5) is 13.2 Å². The first kappa shape index (κ1) is 23.7. The van der Waals surface area contributed by atoms with Crippen LogP contribution >= 0.6 is 12.4 Å². The third kappa shape index (κ3) is 5.11. The predicted octanol–water partition coefficient (Wildman–Crippen LogP) is 3.20. The highest BCUT2D eigenvalue weighted by molar-refractivity contribution is 5.85. The molecule has 4 rings (SSSR count). The van der Waals surface area contributed by atoms with Gasteiger partial charge in [0.15, 0.2) is 11.6 Å². The van der Waals surface area contributed by atoms with Crippen molar-refractivity contribution < 1.29 is 18.0 Å². The van der Waals surface area contributed by atoms with Crippen molar-refractivity contribution in [2.45, 2.75) is 37.9 Å². The molecule has 2 aromatic carbocycles. The van der Waals surface area contributed by atoms with Gasteiger partial charge in [0, 0.05) is 25.1 Å². The van der Waals surface area contributed by atoms with Gasteiger partial charge < -0.3 is 10.6 Å². The molecule has 6 nitrogen and oxygen atoms in total. The fourth-order valence-electron chi connectivity index (χ4n) is 3.98. The van der Waals surface area contributed by atoms with Gasteiger partial charge in [0.1, 0.15) is 5.82 Å². The third-order valence-corrected chi connectivity index (χ3v) is 5.52. The number of hydrogen-bond acceptors (Lipinski definition) is 4. The van der Waals surface area contributed by atoms with E-state index in [0.29, 0.717) is 25.6 Å². The van der Waals surface area contributed by atoms with Crippen LogP contribution in [0.5, 0.6) is 0 Å². The topological polar surface area (TPSA) is 77.0 Å². The molecule has 3 aromatic rings. The average molecular weight is 466 g/mol. The number of nitrogens with two attached hydrogens (primary N) is 1. The minimum absolute atomic E-state index is 0. The number of halogens is 4. The minimum atomic E-state index is -1.26. The highest BCUT2D eigenvalue weighted by Gasteiger charge is 2.32. The average Bonchev–Trinajstić information content (AvgIpc) is 3.22. The molecule has 170 valence electrons. The van der Waals surface area contributed by atoms with Crippen LogP contribution in [0.15, 0.2) is 48.7 Å². The summed E-state index contributed by atoms with van der Waals surface area (Å²) in [4.78, 5) is 14.8. The van der Waals surface area contributed by atoms with E-state index < -0.39 is 23.5 Å². The van der Waals surface area contributed by atoms with Gasteiger partial charge in [0.25, 0.3) is 0 Å². The maximum atomic E-state index is 13.9. The number of carbonyl (C=O) groups excluding carboxylic acids is 1. The molecule has 1 unspecified atom stereocenters. The Morgan fingerprint density at radius 1 is 1.09 bits per heavy atom. The first-order chi connectivity index (χ1) is 14.9. The molecule has 32 heavy (non-hydrogen) atoms. The van der Waals surface area contributed by atoms with E-state index in [1.807, 2.05) is 30.3 Å². The maximum absolute atomic E-state index is 13.9. The summed E-state index contributed by atoms with van der Waals surface area (Å²) in [6, 6.07) is 10.1. The second-order valence-electron chi connectivity index (χ2n) is 7.70. The molecule has 1 amide bonds. The van der Waals surface area contributed by atoms with Crippen molar-refractivity contribution in [2.24, 2.45) is 5.73 Å². The van der Waals surface area contributed by atoms with Crippen molar-refractivity contribution in [3.05, 3.63) is 82.9 Å². The smallest absolute Gasteiger partial charge is 0.224 e. The van der Waals surface area contributed by atoms with Crippen LogP contribution in [0.3, 0.4) is 0 Å². The number of nitrogens with zero attached hydrogens (tertiary/aromatic N) is 4. The molecule has 0 bridgehead atoms. The number of hydrogen-bond donors (Lipinski definition) is 1. The van der Waals surface area contributed by atoms with Crippen molar-refractivity contribution in [2.75, 3.05) is 6.54 Å². The Hall–Kier alpha value is -2.91. The SMILES string of the molecule is Cl.N[C@@H](CC(=O)N1CCn2nncc2C1Cc1ccccc1)Cc1cc(F)c(F)cc1F. The molecule has 0 fully saturated rings. The summed E-state index contributed by atoms with van der Waals surface area (Å²) in [5.74, 6) is -3.47. The summed E-state index contributed by atoms with van der Waals surface area (Å²) in [5, 5.41) is 8.05. The standard InChI is InChI=1S/C22H22F3N5O.ClH/c23-17-12-19(25)18(24)10-15(17)9-16(26)11-22(31)29-6-7-30-21(13-27-28-30)20(29)8-14-4-2-1-3-5-14;/h1-5,10,12-13,16,20H,6-9,11,26H2;1H/t16-,20?;/m1./s1. The minimum Gasteiger partial charge on any atom is -0.332 e. The van der Waals surface area contributed by atoms with Crippen LogP contribution in [0.25, 0.3) is 0 Å².